The molecule has 69 valence electrons. The van der Waals surface area contributed by atoms with Crippen molar-refractivity contribution in [2.75, 3.05) is 13.7 Å². The monoisotopic (exact) mass is 178 g/mol. The lowest BCUT2D eigenvalue weighted by Crippen LogP contribution is -2.08. The first kappa shape index (κ1) is 9.58. The van der Waals surface area contributed by atoms with Crippen LogP contribution in [0.15, 0.2) is 30.3 Å². The van der Waals surface area contributed by atoms with Gasteiger partial charge in [-0.25, -0.2) is 0 Å². The number of hydrogen-bond donors (Lipinski definition) is 0. The molecule has 0 N–H and O–H groups in total. The van der Waals surface area contributed by atoms with E-state index in [1.807, 2.05) is 30.3 Å². The van der Waals surface area contributed by atoms with Crippen molar-refractivity contribution in [1.29, 1.82) is 0 Å². The molecule has 0 heterocycles. The number of para-hydroxylation sites is 1. The zero-order valence-corrected chi connectivity index (χ0v) is 7.56. The number of ether oxygens (including phenoxy) is 1. The van der Waals surface area contributed by atoms with E-state index in [0.29, 0.717) is 13.0 Å². The van der Waals surface area contributed by atoms with Crippen LogP contribution in [0, 0.1) is 0 Å². The van der Waals surface area contributed by atoms with Crippen LogP contribution < -0.4 is 5.32 Å². The molecule has 0 amide bonds. The van der Waals surface area contributed by atoms with E-state index >= 15 is 0 Å². The molecule has 0 aliphatic heterocycles. The minimum absolute atomic E-state index is 0.223. The third-order valence-electron chi connectivity index (χ3n) is 1.59. The van der Waals surface area contributed by atoms with Crippen molar-refractivity contribution in [2.45, 2.75) is 6.42 Å². The Morgan fingerprint density at radius 1 is 1.38 bits per heavy atom. The molecule has 0 aromatic heterocycles. The Labute approximate surface area is 77.7 Å². The number of rotatable bonds is 4. The number of esters is 1. The van der Waals surface area contributed by atoms with Gasteiger partial charge in [0.15, 0.2) is 0 Å². The predicted molar refractivity (Wildman–Crippen MR) is 49.7 cm³/mol. The van der Waals surface area contributed by atoms with Gasteiger partial charge >= 0.3 is 5.97 Å². The Morgan fingerprint density at radius 2 is 2.08 bits per heavy atom. The molecule has 13 heavy (non-hydrogen) atoms. The van der Waals surface area contributed by atoms with Crippen molar-refractivity contribution in [3.8, 4) is 0 Å². The molecule has 0 fully saturated rings. The maximum Gasteiger partial charge on any atom is 0.307 e. The lowest BCUT2D eigenvalue weighted by atomic mass is 10.3. The summed E-state index contributed by atoms with van der Waals surface area (Å²) in [4.78, 5) is 10.7. The minimum atomic E-state index is -0.223. The first-order chi connectivity index (χ1) is 6.33. The summed E-state index contributed by atoms with van der Waals surface area (Å²) < 4.78 is 4.49. The molecule has 0 saturated heterocycles. The normalized spacial score (nSPS) is 9.31. The molecular formula is C10H12NO2. The van der Waals surface area contributed by atoms with Crippen LogP contribution in [0.25, 0.3) is 0 Å². The van der Waals surface area contributed by atoms with Gasteiger partial charge in [-0.1, -0.05) is 18.2 Å². The van der Waals surface area contributed by atoms with E-state index in [4.69, 9.17) is 0 Å². The summed E-state index contributed by atoms with van der Waals surface area (Å²) >= 11 is 0. The number of nitrogens with zero attached hydrogens (tertiary/aromatic N) is 1. The van der Waals surface area contributed by atoms with Crippen molar-refractivity contribution >= 4 is 11.7 Å². The Morgan fingerprint density at radius 3 is 2.69 bits per heavy atom. The summed E-state index contributed by atoms with van der Waals surface area (Å²) in [7, 11) is 1.38. The average molecular weight is 178 g/mol. The Hall–Kier alpha value is -1.51. The summed E-state index contributed by atoms with van der Waals surface area (Å²) in [5.74, 6) is -0.223. The standard InChI is InChI=1S/C10H12NO2/c1-13-10(12)7-8-11-9-5-3-2-4-6-9/h2-6H,7-8H2,1H3. The molecule has 0 atom stereocenters. The van der Waals surface area contributed by atoms with Gasteiger partial charge < -0.3 is 4.74 Å². The second kappa shape index (κ2) is 5.19. The Kier molecular flexibility index (Phi) is 3.82. The van der Waals surface area contributed by atoms with E-state index < -0.39 is 0 Å². The van der Waals surface area contributed by atoms with Crippen LogP contribution in [0.4, 0.5) is 5.69 Å². The summed E-state index contributed by atoms with van der Waals surface area (Å²) in [5.41, 5.74) is 0.895. The largest absolute Gasteiger partial charge is 0.469 e. The van der Waals surface area contributed by atoms with Gasteiger partial charge in [0.05, 0.1) is 25.8 Å². The number of methoxy groups -OCH3 is 1. The molecule has 3 nitrogen and oxygen atoms in total. The van der Waals surface area contributed by atoms with E-state index in [0.717, 1.165) is 5.69 Å². The highest BCUT2D eigenvalue weighted by Gasteiger charge is 1.99. The maximum atomic E-state index is 10.7. The molecule has 0 aliphatic rings. The van der Waals surface area contributed by atoms with E-state index in [-0.39, 0.29) is 5.97 Å². The van der Waals surface area contributed by atoms with Crippen LogP contribution in [-0.2, 0) is 9.53 Å². The van der Waals surface area contributed by atoms with E-state index in [9.17, 15) is 4.79 Å². The smallest absolute Gasteiger partial charge is 0.307 e. The second-order valence-electron chi connectivity index (χ2n) is 2.54. The van der Waals surface area contributed by atoms with Crippen LogP contribution in [0.2, 0.25) is 0 Å². The summed E-state index contributed by atoms with van der Waals surface area (Å²) in [6, 6.07) is 9.56. The Bertz CT molecular complexity index is 259. The van der Waals surface area contributed by atoms with Crippen LogP contribution in [-0.4, -0.2) is 19.6 Å². The molecule has 1 radical (unpaired) electrons. The highest BCUT2D eigenvalue weighted by Crippen LogP contribution is 2.04. The predicted octanol–water partition coefficient (Wildman–Crippen LogP) is 1.49. The first-order valence-electron chi connectivity index (χ1n) is 4.12. The second-order valence-corrected chi connectivity index (χ2v) is 2.54. The topological polar surface area (TPSA) is 40.4 Å². The maximum absolute atomic E-state index is 10.7. The van der Waals surface area contributed by atoms with Crippen molar-refractivity contribution in [3.05, 3.63) is 30.3 Å². The highest BCUT2D eigenvalue weighted by molar-refractivity contribution is 5.69. The van der Waals surface area contributed by atoms with Crippen LogP contribution >= 0.6 is 0 Å². The van der Waals surface area contributed by atoms with E-state index in [2.05, 4.69) is 10.1 Å². The zero-order valence-electron chi connectivity index (χ0n) is 7.56. The van der Waals surface area contributed by atoms with Crippen molar-refractivity contribution in [1.82, 2.24) is 5.32 Å². The molecule has 1 aromatic carbocycles. The first-order valence-corrected chi connectivity index (χ1v) is 4.12. The molecule has 3 heteroatoms. The number of benzene rings is 1. The van der Waals surface area contributed by atoms with Gasteiger partial charge in [0.2, 0.25) is 0 Å². The third kappa shape index (κ3) is 3.60. The average Bonchev–Trinajstić information content (AvgIpc) is 2.19. The lowest BCUT2D eigenvalue weighted by molar-refractivity contribution is -0.140. The fourth-order valence-corrected chi connectivity index (χ4v) is 0.912. The lowest BCUT2D eigenvalue weighted by Gasteiger charge is -2.01. The molecule has 0 aliphatic carbocycles. The van der Waals surface area contributed by atoms with Gasteiger partial charge in [-0.3, -0.25) is 10.1 Å². The van der Waals surface area contributed by atoms with Crippen molar-refractivity contribution in [3.63, 3.8) is 0 Å². The minimum Gasteiger partial charge on any atom is -0.469 e. The van der Waals surface area contributed by atoms with Crippen LogP contribution in [0.5, 0.6) is 0 Å². The fraction of sp³-hybridized carbons (Fsp3) is 0.300. The molecule has 0 unspecified atom stereocenters. The van der Waals surface area contributed by atoms with Crippen LogP contribution in [0.3, 0.4) is 0 Å². The number of carbonyl (C=O) groups is 1. The van der Waals surface area contributed by atoms with E-state index in [1.54, 1.807) is 0 Å². The number of carbonyl (C=O) groups excluding carboxylic acids is 1. The third-order valence-corrected chi connectivity index (χ3v) is 1.59. The van der Waals surface area contributed by atoms with Gasteiger partial charge in [0.25, 0.3) is 0 Å². The molecule has 0 bridgehead atoms. The zero-order chi connectivity index (χ0) is 9.52. The Balaban J connectivity index is 2.24. The molecule has 0 spiro atoms. The summed E-state index contributed by atoms with van der Waals surface area (Å²) in [6.45, 7) is 0.483. The molecule has 1 aromatic rings. The number of hydrogen-bond acceptors (Lipinski definition) is 2. The van der Waals surface area contributed by atoms with E-state index in [1.165, 1.54) is 7.11 Å². The van der Waals surface area contributed by atoms with Gasteiger partial charge in [-0.05, 0) is 12.1 Å². The molecular weight excluding hydrogens is 166 g/mol. The van der Waals surface area contributed by atoms with Crippen molar-refractivity contribution < 1.29 is 9.53 Å². The molecule has 1 rings (SSSR count). The van der Waals surface area contributed by atoms with Crippen molar-refractivity contribution in [2.24, 2.45) is 0 Å². The SMILES string of the molecule is COC(=O)CC[N]c1ccccc1. The molecule has 0 saturated carbocycles. The van der Waals surface area contributed by atoms with Gasteiger partial charge in [-0.15, -0.1) is 0 Å². The summed E-state index contributed by atoms with van der Waals surface area (Å²) in [6.07, 6.45) is 0.339. The van der Waals surface area contributed by atoms with Crippen LogP contribution in [0.1, 0.15) is 6.42 Å². The quantitative estimate of drug-likeness (QED) is 0.655. The fourth-order valence-electron chi connectivity index (χ4n) is 0.912. The highest BCUT2D eigenvalue weighted by atomic mass is 16.5. The van der Waals surface area contributed by atoms with Gasteiger partial charge in [0.1, 0.15) is 0 Å². The van der Waals surface area contributed by atoms with Gasteiger partial charge in [-0.2, -0.15) is 0 Å². The summed E-state index contributed by atoms with van der Waals surface area (Å²) in [5, 5.41) is 4.19. The van der Waals surface area contributed by atoms with Gasteiger partial charge in [0, 0.05) is 0 Å².